The number of rotatable bonds is 16. The van der Waals surface area contributed by atoms with Crippen LogP contribution in [0.2, 0.25) is 0 Å². The number of hydrogen-bond acceptors (Lipinski definition) is 8. The van der Waals surface area contributed by atoms with E-state index < -0.39 is 36.3 Å². The zero-order valence-electron chi connectivity index (χ0n) is 22.9. The highest BCUT2D eigenvalue weighted by atomic mass is 19.4. The highest BCUT2D eigenvalue weighted by molar-refractivity contribution is 5.86. The number of alkyl carbamates (subject to hydrolysis) is 1. The number of carboxylic acids is 2. The summed E-state index contributed by atoms with van der Waals surface area (Å²) in [5.41, 5.74) is 6.12. The Morgan fingerprint density at radius 1 is 0.905 bits per heavy atom. The number of benzene rings is 1. The third-order valence-electron chi connectivity index (χ3n) is 5.08. The zero-order valence-corrected chi connectivity index (χ0v) is 22.9. The van der Waals surface area contributed by atoms with Crippen LogP contribution in [-0.4, -0.2) is 83.9 Å². The molecule has 1 rings (SSSR count). The van der Waals surface area contributed by atoms with Crippen LogP contribution in [0.15, 0.2) is 30.3 Å². The molecule has 0 bridgehead atoms. The van der Waals surface area contributed by atoms with Crippen molar-refractivity contribution in [2.75, 3.05) is 19.6 Å². The van der Waals surface area contributed by atoms with E-state index in [0.29, 0.717) is 32.4 Å². The number of nitrogens with one attached hydrogen (secondary N) is 4. The summed E-state index contributed by atoms with van der Waals surface area (Å²) >= 11 is 0. The van der Waals surface area contributed by atoms with Crippen molar-refractivity contribution in [2.24, 2.45) is 5.73 Å². The molecule has 14 nitrogen and oxygen atoms in total. The smallest absolute Gasteiger partial charge is 0.480 e. The second-order valence-electron chi connectivity index (χ2n) is 8.62. The van der Waals surface area contributed by atoms with Crippen LogP contribution >= 0.6 is 0 Å². The topological polar surface area (TPSA) is 226 Å². The van der Waals surface area contributed by atoms with Gasteiger partial charge in [0.05, 0.1) is 0 Å². The zero-order chi connectivity index (χ0) is 32.1. The number of hydrogen-bond donors (Lipinski definition) is 7. The van der Waals surface area contributed by atoms with E-state index in [1.807, 2.05) is 6.07 Å². The Labute approximate surface area is 239 Å². The summed E-state index contributed by atoms with van der Waals surface area (Å²) in [6, 6.07) is 6.98. The maximum atomic E-state index is 12.1. The largest absolute Gasteiger partial charge is 0.490 e. The Morgan fingerprint density at radius 2 is 1.52 bits per heavy atom. The van der Waals surface area contributed by atoms with Crippen LogP contribution in [0.25, 0.3) is 0 Å². The molecule has 2 unspecified atom stereocenters. The van der Waals surface area contributed by atoms with Crippen LogP contribution in [0.5, 0.6) is 0 Å². The SMILES string of the molecule is CC(=O)NC(CCCCNC(=O)CCC(NC(=O)OCc1ccccc1)C(=O)O)C(=O)NCCN.O=C(O)C(F)(F)F. The first-order valence-electron chi connectivity index (χ1n) is 12.7. The molecule has 4 amide bonds. The standard InChI is InChI=1S/C23H35N5O7.C2HF3O2/c1-16(29)27-18(21(31)26-14-12-24)9-5-6-13-25-20(30)11-10-19(22(32)33)28-23(34)35-15-17-7-3-2-4-8-17;3-2(4,5)1(6)7/h2-4,7-8,18-19H,5-6,9-15,24H2,1H3,(H,25,30)(H,26,31)(H,27,29)(H,28,34)(H,32,33);(H,6,7). The van der Waals surface area contributed by atoms with Gasteiger partial charge in [0.1, 0.15) is 18.7 Å². The highest BCUT2D eigenvalue weighted by Crippen LogP contribution is 2.13. The molecule has 2 atom stereocenters. The molecule has 0 aliphatic heterocycles. The number of ether oxygens (including phenoxy) is 1. The number of amides is 4. The average molecular weight is 608 g/mol. The molecule has 42 heavy (non-hydrogen) atoms. The number of alkyl halides is 3. The number of carbonyl (C=O) groups excluding carboxylic acids is 4. The molecule has 0 spiro atoms. The molecule has 0 radical (unpaired) electrons. The molecule has 0 heterocycles. The Bertz CT molecular complexity index is 1030. The van der Waals surface area contributed by atoms with Gasteiger partial charge in [0.2, 0.25) is 17.7 Å². The van der Waals surface area contributed by atoms with Gasteiger partial charge in [-0.1, -0.05) is 30.3 Å². The fraction of sp³-hybridized carbons (Fsp3) is 0.520. The van der Waals surface area contributed by atoms with Crippen molar-refractivity contribution < 1.29 is 56.9 Å². The summed E-state index contributed by atoms with van der Waals surface area (Å²) in [6.45, 7) is 2.24. The molecule has 0 saturated carbocycles. The molecule has 0 aliphatic rings. The summed E-state index contributed by atoms with van der Waals surface area (Å²) in [5.74, 6) is -5.03. The molecule has 8 N–H and O–H groups in total. The van der Waals surface area contributed by atoms with Gasteiger partial charge in [-0.15, -0.1) is 0 Å². The van der Waals surface area contributed by atoms with Gasteiger partial charge < -0.3 is 42.0 Å². The molecule has 0 fully saturated rings. The van der Waals surface area contributed by atoms with E-state index in [-0.39, 0.29) is 43.7 Å². The molecule has 236 valence electrons. The minimum absolute atomic E-state index is 0.00300. The van der Waals surface area contributed by atoms with Crippen molar-refractivity contribution in [1.29, 1.82) is 0 Å². The van der Waals surface area contributed by atoms with Crippen molar-refractivity contribution in [3.63, 3.8) is 0 Å². The van der Waals surface area contributed by atoms with E-state index in [1.54, 1.807) is 24.3 Å². The maximum Gasteiger partial charge on any atom is 0.490 e. The van der Waals surface area contributed by atoms with Gasteiger partial charge in [0, 0.05) is 33.0 Å². The minimum atomic E-state index is -5.08. The van der Waals surface area contributed by atoms with Gasteiger partial charge in [-0.2, -0.15) is 13.2 Å². The van der Waals surface area contributed by atoms with E-state index in [1.165, 1.54) is 6.92 Å². The lowest BCUT2D eigenvalue weighted by Crippen LogP contribution is -2.47. The van der Waals surface area contributed by atoms with Gasteiger partial charge in [0.15, 0.2) is 0 Å². The fourth-order valence-corrected chi connectivity index (χ4v) is 3.06. The Balaban J connectivity index is 0.00000212. The van der Waals surface area contributed by atoms with Crippen LogP contribution < -0.4 is 27.0 Å². The molecular formula is C25H36F3N5O9. The second-order valence-corrected chi connectivity index (χ2v) is 8.62. The summed E-state index contributed by atoms with van der Waals surface area (Å²) in [6.07, 6.45) is -4.67. The van der Waals surface area contributed by atoms with Crippen LogP contribution in [0.3, 0.4) is 0 Å². The van der Waals surface area contributed by atoms with Gasteiger partial charge in [0.25, 0.3) is 0 Å². The number of halogens is 3. The van der Waals surface area contributed by atoms with Crippen LogP contribution in [0.1, 0.15) is 44.6 Å². The highest BCUT2D eigenvalue weighted by Gasteiger charge is 2.38. The third-order valence-corrected chi connectivity index (χ3v) is 5.08. The number of unbranched alkanes of at least 4 members (excludes halogenated alkanes) is 1. The third kappa shape index (κ3) is 18.8. The molecule has 1 aromatic carbocycles. The monoisotopic (exact) mass is 607 g/mol. The van der Waals surface area contributed by atoms with Gasteiger partial charge >= 0.3 is 24.2 Å². The summed E-state index contributed by atoms with van der Waals surface area (Å²) in [7, 11) is 0. The van der Waals surface area contributed by atoms with E-state index in [2.05, 4.69) is 21.3 Å². The predicted octanol–water partition coefficient (Wildman–Crippen LogP) is 0.646. The molecule has 0 aromatic heterocycles. The maximum absolute atomic E-state index is 12.1. The normalized spacial score (nSPS) is 11.9. The summed E-state index contributed by atoms with van der Waals surface area (Å²) < 4.78 is 36.8. The van der Waals surface area contributed by atoms with Crippen molar-refractivity contribution in [3.05, 3.63) is 35.9 Å². The first-order chi connectivity index (χ1) is 19.7. The predicted molar refractivity (Wildman–Crippen MR) is 141 cm³/mol. The van der Waals surface area contributed by atoms with Gasteiger partial charge in [-0.3, -0.25) is 14.4 Å². The van der Waals surface area contributed by atoms with Crippen molar-refractivity contribution in [2.45, 2.75) is 63.9 Å². The lowest BCUT2D eigenvalue weighted by molar-refractivity contribution is -0.192. The van der Waals surface area contributed by atoms with Gasteiger partial charge in [-0.25, -0.2) is 14.4 Å². The number of nitrogens with two attached hydrogens (primary N) is 1. The molecule has 1 aromatic rings. The molecule has 17 heteroatoms. The summed E-state index contributed by atoms with van der Waals surface area (Å²) in [4.78, 5) is 67.6. The Kier molecular flexibility index (Phi) is 18.3. The van der Waals surface area contributed by atoms with Crippen molar-refractivity contribution in [1.82, 2.24) is 21.3 Å². The lowest BCUT2D eigenvalue weighted by atomic mass is 10.1. The first kappa shape index (κ1) is 37.6. The quantitative estimate of drug-likeness (QED) is 0.130. The number of aliphatic carboxylic acids is 2. The molecule has 0 saturated heterocycles. The van der Waals surface area contributed by atoms with Crippen molar-refractivity contribution >= 4 is 35.8 Å². The summed E-state index contributed by atoms with van der Waals surface area (Å²) in [5, 5.41) is 26.6. The number of carbonyl (C=O) groups is 6. The fourth-order valence-electron chi connectivity index (χ4n) is 3.06. The van der Waals surface area contributed by atoms with Crippen LogP contribution in [0, 0.1) is 0 Å². The van der Waals surface area contributed by atoms with Crippen molar-refractivity contribution in [3.8, 4) is 0 Å². The second kappa shape index (κ2) is 20.5. The Morgan fingerprint density at radius 3 is 2.05 bits per heavy atom. The average Bonchev–Trinajstić information content (AvgIpc) is 2.91. The van der Waals surface area contributed by atoms with Crippen LogP contribution in [0.4, 0.5) is 18.0 Å². The molecular weight excluding hydrogens is 571 g/mol. The van der Waals surface area contributed by atoms with Gasteiger partial charge in [-0.05, 0) is 31.2 Å². The molecule has 0 aliphatic carbocycles. The van der Waals surface area contributed by atoms with E-state index in [4.69, 9.17) is 20.4 Å². The first-order valence-corrected chi connectivity index (χ1v) is 12.7. The van der Waals surface area contributed by atoms with E-state index >= 15 is 0 Å². The van der Waals surface area contributed by atoms with E-state index in [9.17, 15) is 42.3 Å². The Hall–Kier alpha value is -4.41. The lowest BCUT2D eigenvalue weighted by Gasteiger charge is -2.17. The van der Waals surface area contributed by atoms with Crippen LogP contribution in [-0.2, 0) is 35.3 Å². The minimum Gasteiger partial charge on any atom is -0.480 e. The van der Waals surface area contributed by atoms with E-state index in [0.717, 1.165) is 5.56 Å². The number of carboxylic acid groups (broad SMARTS) is 2.